The van der Waals surface area contributed by atoms with Gasteiger partial charge in [-0.2, -0.15) is 0 Å². The molecule has 1 unspecified atom stereocenters. The largest absolute Gasteiger partial charge is 0.0725 e. The maximum absolute atomic E-state index is 2.53. The molecule has 0 heteroatoms. The minimum atomic E-state index is -0.348. The number of fused-ring (bicyclic) bond motifs is 16. The van der Waals surface area contributed by atoms with Crippen molar-refractivity contribution in [2.45, 2.75) is 64.7 Å². The predicted octanol–water partition coefficient (Wildman–Crippen LogP) is 13.2. The van der Waals surface area contributed by atoms with Crippen molar-refractivity contribution in [1.82, 2.24) is 0 Å². The highest BCUT2D eigenvalue weighted by Gasteiger charge is 2.52. The van der Waals surface area contributed by atoms with Crippen LogP contribution >= 0.6 is 0 Å². The molecule has 1 spiro atoms. The summed E-state index contributed by atoms with van der Waals surface area (Å²) >= 11 is 0. The van der Waals surface area contributed by atoms with Crippen LogP contribution in [0.3, 0.4) is 0 Å². The number of benzene rings is 7. The summed E-state index contributed by atoms with van der Waals surface area (Å²) in [6.45, 7) is 16.3. The molecule has 0 N–H and O–H groups in total. The molecule has 250 valence electrons. The topological polar surface area (TPSA) is 0 Å². The molecule has 4 aliphatic rings. The first-order chi connectivity index (χ1) is 25.0. The van der Waals surface area contributed by atoms with E-state index in [1.807, 2.05) is 0 Å². The Bertz CT molecular complexity index is 2750. The monoisotopic (exact) mass is 666 g/mol. The summed E-state index contributed by atoms with van der Waals surface area (Å²) in [5, 5.41) is 0. The van der Waals surface area contributed by atoms with Gasteiger partial charge in [0.15, 0.2) is 0 Å². The zero-order valence-corrected chi connectivity index (χ0v) is 31.1. The summed E-state index contributed by atoms with van der Waals surface area (Å²) in [7, 11) is 0. The maximum Gasteiger partial charge on any atom is 0.0725 e. The Kier molecular flexibility index (Phi) is 5.63. The van der Waals surface area contributed by atoms with Gasteiger partial charge in [-0.1, -0.05) is 148 Å². The van der Waals surface area contributed by atoms with E-state index in [2.05, 4.69) is 176 Å². The van der Waals surface area contributed by atoms with Crippen molar-refractivity contribution >= 4 is 0 Å². The van der Waals surface area contributed by atoms with Crippen LogP contribution in [0.25, 0.3) is 55.6 Å². The summed E-state index contributed by atoms with van der Waals surface area (Å²) in [4.78, 5) is 0. The first-order valence-electron chi connectivity index (χ1n) is 18.9. The summed E-state index contributed by atoms with van der Waals surface area (Å²) in [5.41, 5.74) is 28.4. The molecule has 0 bridgehead atoms. The fraction of sp³-hybridized carbons (Fsp3) is 0.192. The molecule has 0 heterocycles. The molecule has 0 aliphatic heterocycles. The van der Waals surface area contributed by atoms with Crippen LogP contribution in [0.5, 0.6) is 0 Å². The lowest BCUT2D eigenvalue weighted by atomic mass is 9.70. The van der Waals surface area contributed by atoms with Gasteiger partial charge in [0.1, 0.15) is 0 Å². The fourth-order valence-electron chi connectivity index (χ4n) is 10.8. The van der Waals surface area contributed by atoms with Gasteiger partial charge >= 0.3 is 0 Å². The van der Waals surface area contributed by atoms with E-state index >= 15 is 0 Å². The normalized spacial score (nSPS) is 18.3. The average molecular weight is 667 g/mol. The second-order valence-corrected chi connectivity index (χ2v) is 17.2. The summed E-state index contributed by atoms with van der Waals surface area (Å²) < 4.78 is 0. The quantitative estimate of drug-likeness (QED) is 0.164. The van der Waals surface area contributed by atoms with Crippen LogP contribution < -0.4 is 0 Å². The Morgan fingerprint density at radius 1 is 0.288 bits per heavy atom. The first kappa shape index (κ1) is 30.2. The Hall–Kier alpha value is -5.46. The molecular weight excluding hydrogens is 625 g/mol. The number of rotatable bonds is 1. The van der Waals surface area contributed by atoms with Gasteiger partial charge in [-0.15, -0.1) is 0 Å². The molecule has 0 radical (unpaired) electrons. The molecule has 0 aromatic heterocycles. The smallest absolute Gasteiger partial charge is 0.0619 e. The Morgan fingerprint density at radius 2 is 0.635 bits per heavy atom. The van der Waals surface area contributed by atoms with E-state index in [1.54, 1.807) is 0 Å². The maximum atomic E-state index is 2.53. The molecule has 11 rings (SSSR count). The van der Waals surface area contributed by atoms with Gasteiger partial charge in [0, 0.05) is 10.8 Å². The molecule has 0 amide bonds. The SMILES string of the molecule is Cc1ccc2c(c1)C(C)(C)c1cc3c(cc1-2)C(C)(C)c1cc(-c2ccc4c(c2)C2(c5ccccc5-c5ccc(C)cc52)c2cc(C)ccc2-4)ccc1-3. The number of aryl methyl sites for hydroxylation is 3. The molecule has 1 atom stereocenters. The van der Waals surface area contributed by atoms with Crippen molar-refractivity contribution in [2.24, 2.45) is 0 Å². The molecule has 52 heavy (non-hydrogen) atoms. The third kappa shape index (κ3) is 3.54. The predicted molar refractivity (Wildman–Crippen MR) is 218 cm³/mol. The lowest BCUT2D eigenvalue weighted by Crippen LogP contribution is -2.26. The molecule has 7 aromatic carbocycles. The Morgan fingerprint density at radius 3 is 1.15 bits per heavy atom. The number of hydrogen-bond acceptors (Lipinski definition) is 0. The van der Waals surface area contributed by atoms with Gasteiger partial charge in [0.25, 0.3) is 0 Å². The van der Waals surface area contributed by atoms with Crippen molar-refractivity contribution in [2.75, 3.05) is 0 Å². The van der Waals surface area contributed by atoms with Gasteiger partial charge in [0.2, 0.25) is 0 Å². The van der Waals surface area contributed by atoms with Crippen molar-refractivity contribution in [3.05, 3.63) is 189 Å². The lowest BCUT2D eigenvalue weighted by Gasteiger charge is -2.31. The molecule has 0 nitrogen and oxygen atoms in total. The van der Waals surface area contributed by atoms with Gasteiger partial charge in [-0.25, -0.2) is 0 Å². The van der Waals surface area contributed by atoms with E-state index in [1.165, 1.54) is 117 Å². The molecule has 0 saturated heterocycles. The minimum absolute atomic E-state index is 0.0228. The van der Waals surface area contributed by atoms with Crippen LogP contribution in [-0.4, -0.2) is 0 Å². The van der Waals surface area contributed by atoms with Crippen LogP contribution in [0, 0.1) is 20.8 Å². The fourth-order valence-corrected chi connectivity index (χ4v) is 10.8. The van der Waals surface area contributed by atoms with Crippen molar-refractivity contribution in [3.63, 3.8) is 0 Å². The van der Waals surface area contributed by atoms with Gasteiger partial charge in [-0.05, 0) is 145 Å². The zero-order chi connectivity index (χ0) is 35.5. The van der Waals surface area contributed by atoms with Crippen molar-refractivity contribution < 1.29 is 0 Å². The van der Waals surface area contributed by atoms with E-state index in [-0.39, 0.29) is 16.2 Å². The van der Waals surface area contributed by atoms with Crippen molar-refractivity contribution in [3.8, 4) is 55.6 Å². The first-order valence-corrected chi connectivity index (χ1v) is 18.9. The van der Waals surface area contributed by atoms with E-state index < -0.39 is 0 Å². The Balaban J connectivity index is 1.10. The third-order valence-corrected chi connectivity index (χ3v) is 13.5. The van der Waals surface area contributed by atoms with Gasteiger partial charge in [-0.3, -0.25) is 0 Å². The van der Waals surface area contributed by atoms with E-state index in [4.69, 9.17) is 0 Å². The van der Waals surface area contributed by atoms with Gasteiger partial charge < -0.3 is 0 Å². The highest BCUT2D eigenvalue weighted by Crippen LogP contribution is 2.64. The van der Waals surface area contributed by atoms with Crippen LogP contribution in [0.4, 0.5) is 0 Å². The molecule has 0 fully saturated rings. The number of hydrogen-bond donors (Lipinski definition) is 0. The van der Waals surface area contributed by atoms with Crippen LogP contribution in [-0.2, 0) is 16.2 Å². The van der Waals surface area contributed by atoms with Crippen LogP contribution in [0.2, 0.25) is 0 Å². The molecule has 7 aromatic rings. The third-order valence-electron chi connectivity index (χ3n) is 13.5. The second kappa shape index (κ2) is 9.69. The summed E-state index contributed by atoms with van der Waals surface area (Å²) in [6, 6.07) is 50.0. The molecular formula is C52H42. The summed E-state index contributed by atoms with van der Waals surface area (Å²) in [5.74, 6) is 0. The van der Waals surface area contributed by atoms with E-state index in [9.17, 15) is 0 Å². The molecule has 4 aliphatic carbocycles. The van der Waals surface area contributed by atoms with E-state index in [0.29, 0.717) is 0 Å². The van der Waals surface area contributed by atoms with E-state index in [0.717, 1.165) is 0 Å². The Labute approximate surface area is 307 Å². The van der Waals surface area contributed by atoms with Gasteiger partial charge in [0.05, 0.1) is 5.41 Å². The minimum Gasteiger partial charge on any atom is -0.0619 e. The van der Waals surface area contributed by atoms with Crippen LogP contribution in [0.1, 0.15) is 88.9 Å². The highest BCUT2D eigenvalue weighted by atomic mass is 14.5. The molecule has 0 saturated carbocycles. The summed E-state index contributed by atoms with van der Waals surface area (Å²) in [6.07, 6.45) is 0. The van der Waals surface area contributed by atoms with Crippen LogP contribution in [0.15, 0.2) is 127 Å². The standard InChI is InChI=1S/C52H42/c1-29-14-19-38-40-27-46-41(28-45(40)50(4,5)43(38)22-29)39-21-16-32(25-44(39)51(46,6)7)33-15-20-37-36-18-13-31(3)24-48(36)52(49(37)26-33)42-11-9-8-10-34(42)35-17-12-30(2)23-47(35)52/h8-28H,1-7H3. The zero-order valence-electron chi connectivity index (χ0n) is 31.1. The second-order valence-electron chi connectivity index (χ2n) is 17.2. The van der Waals surface area contributed by atoms with Crippen molar-refractivity contribution in [1.29, 1.82) is 0 Å². The average Bonchev–Trinajstić information content (AvgIpc) is 3.74. The highest BCUT2D eigenvalue weighted by molar-refractivity contribution is 5.97. The lowest BCUT2D eigenvalue weighted by molar-refractivity contribution is 0.652.